The third-order valence-corrected chi connectivity index (χ3v) is 3.89. The van der Waals surface area contributed by atoms with Gasteiger partial charge in [-0.2, -0.15) is 0 Å². The van der Waals surface area contributed by atoms with E-state index in [9.17, 15) is 14.4 Å². The van der Waals surface area contributed by atoms with Gasteiger partial charge in [0.2, 0.25) is 5.91 Å². The Balaban J connectivity index is 1.76. The first-order valence-electron chi connectivity index (χ1n) is 6.92. The quantitative estimate of drug-likeness (QED) is 0.776. The standard InChI is InChI=1S/C15H17BrN2O4/c1-18(14(20)9-22-15(21)10-6-7-10)8-13(19)17-12-5-3-2-4-11(12)16/h2-5,10H,6-9H2,1H3,(H,17,19). The lowest BCUT2D eigenvalue weighted by atomic mass is 10.3. The lowest BCUT2D eigenvalue weighted by Crippen LogP contribution is -2.37. The van der Waals surface area contributed by atoms with Gasteiger partial charge in [0, 0.05) is 11.5 Å². The average molecular weight is 369 g/mol. The van der Waals surface area contributed by atoms with Crippen LogP contribution in [0.4, 0.5) is 5.69 Å². The van der Waals surface area contributed by atoms with Crippen LogP contribution >= 0.6 is 15.9 Å². The van der Waals surface area contributed by atoms with Gasteiger partial charge in [-0.05, 0) is 40.9 Å². The highest BCUT2D eigenvalue weighted by molar-refractivity contribution is 9.10. The van der Waals surface area contributed by atoms with E-state index >= 15 is 0 Å². The fourth-order valence-corrected chi connectivity index (χ4v) is 2.12. The van der Waals surface area contributed by atoms with E-state index < -0.39 is 5.91 Å². The number of nitrogens with one attached hydrogen (secondary N) is 1. The van der Waals surface area contributed by atoms with Crippen molar-refractivity contribution in [3.8, 4) is 0 Å². The lowest BCUT2D eigenvalue weighted by molar-refractivity contribution is -0.152. The van der Waals surface area contributed by atoms with Gasteiger partial charge >= 0.3 is 5.97 Å². The fraction of sp³-hybridized carbons (Fsp3) is 0.400. The zero-order valence-corrected chi connectivity index (χ0v) is 13.8. The van der Waals surface area contributed by atoms with Crippen LogP contribution < -0.4 is 5.32 Å². The number of nitrogens with zero attached hydrogens (tertiary/aromatic N) is 1. The summed E-state index contributed by atoms with van der Waals surface area (Å²) < 4.78 is 5.66. The number of amides is 2. The van der Waals surface area contributed by atoms with Crippen LogP contribution in [-0.4, -0.2) is 42.9 Å². The molecule has 6 nitrogen and oxygen atoms in total. The van der Waals surface area contributed by atoms with Gasteiger partial charge in [0.15, 0.2) is 6.61 Å². The average Bonchev–Trinajstić information content (AvgIpc) is 3.31. The van der Waals surface area contributed by atoms with E-state index in [4.69, 9.17) is 4.74 Å². The first-order valence-corrected chi connectivity index (χ1v) is 7.71. The molecule has 2 rings (SSSR count). The number of anilines is 1. The van der Waals surface area contributed by atoms with E-state index in [2.05, 4.69) is 21.2 Å². The number of hydrogen-bond acceptors (Lipinski definition) is 4. The molecular weight excluding hydrogens is 352 g/mol. The second kappa shape index (κ2) is 7.40. The van der Waals surface area contributed by atoms with Gasteiger partial charge in [0.25, 0.3) is 5.91 Å². The van der Waals surface area contributed by atoms with E-state index in [1.54, 1.807) is 12.1 Å². The van der Waals surface area contributed by atoms with Crippen molar-refractivity contribution in [2.24, 2.45) is 5.92 Å². The Morgan fingerprint density at radius 3 is 2.64 bits per heavy atom. The molecule has 0 saturated heterocycles. The second-order valence-electron chi connectivity index (χ2n) is 5.16. The molecule has 2 amide bonds. The van der Waals surface area contributed by atoms with Crippen molar-refractivity contribution in [2.45, 2.75) is 12.8 Å². The molecule has 1 aliphatic rings. The summed E-state index contributed by atoms with van der Waals surface area (Å²) in [7, 11) is 1.49. The Morgan fingerprint density at radius 1 is 1.32 bits per heavy atom. The summed E-state index contributed by atoms with van der Waals surface area (Å²) in [6, 6.07) is 7.19. The van der Waals surface area contributed by atoms with Gasteiger partial charge in [-0.25, -0.2) is 0 Å². The predicted molar refractivity (Wildman–Crippen MR) is 84.1 cm³/mol. The topological polar surface area (TPSA) is 75.7 Å². The van der Waals surface area contributed by atoms with E-state index in [-0.39, 0.29) is 30.9 Å². The summed E-state index contributed by atoms with van der Waals surface area (Å²) in [5, 5.41) is 2.70. The summed E-state index contributed by atoms with van der Waals surface area (Å²) in [5.41, 5.74) is 0.633. The molecule has 22 heavy (non-hydrogen) atoms. The first-order chi connectivity index (χ1) is 10.5. The zero-order chi connectivity index (χ0) is 16.1. The van der Waals surface area contributed by atoms with Crippen molar-refractivity contribution in [3.05, 3.63) is 28.7 Å². The van der Waals surface area contributed by atoms with Crippen molar-refractivity contribution in [1.29, 1.82) is 0 Å². The molecule has 0 atom stereocenters. The minimum Gasteiger partial charge on any atom is -0.455 e. The highest BCUT2D eigenvalue weighted by Crippen LogP contribution is 2.29. The number of para-hydroxylation sites is 1. The summed E-state index contributed by atoms with van der Waals surface area (Å²) in [4.78, 5) is 36.3. The molecule has 118 valence electrons. The van der Waals surface area contributed by atoms with Crippen LogP contribution in [0.3, 0.4) is 0 Å². The molecule has 1 aliphatic carbocycles. The first kappa shape index (κ1) is 16.5. The van der Waals surface area contributed by atoms with Crippen LogP contribution in [0.25, 0.3) is 0 Å². The number of halogens is 1. The number of carbonyl (C=O) groups excluding carboxylic acids is 3. The van der Waals surface area contributed by atoms with Gasteiger partial charge in [-0.15, -0.1) is 0 Å². The smallest absolute Gasteiger partial charge is 0.309 e. The molecular formula is C15H17BrN2O4. The molecule has 7 heteroatoms. The molecule has 0 radical (unpaired) electrons. The molecule has 1 aromatic rings. The van der Waals surface area contributed by atoms with Gasteiger partial charge < -0.3 is 15.0 Å². The maximum atomic E-state index is 11.9. The van der Waals surface area contributed by atoms with Crippen molar-refractivity contribution in [3.63, 3.8) is 0 Å². The van der Waals surface area contributed by atoms with Gasteiger partial charge in [-0.3, -0.25) is 14.4 Å². The molecule has 0 unspecified atom stereocenters. The molecule has 0 heterocycles. The Hall–Kier alpha value is -1.89. The molecule has 0 aromatic heterocycles. The van der Waals surface area contributed by atoms with E-state index in [1.165, 1.54) is 11.9 Å². The van der Waals surface area contributed by atoms with Crippen LogP contribution in [0.1, 0.15) is 12.8 Å². The summed E-state index contributed by atoms with van der Waals surface area (Å²) in [6.07, 6.45) is 1.66. The van der Waals surface area contributed by atoms with Crippen LogP contribution in [0, 0.1) is 5.92 Å². The maximum Gasteiger partial charge on any atom is 0.309 e. The largest absolute Gasteiger partial charge is 0.455 e. The lowest BCUT2D eigenvalue weighted by Gasteiger charge is -2.17. The van der Waals surface area contributed by atoms with Gasteiger partial charge in [0.1, 0.15) is 0 Å². The van der Waals surface area contributed by atoms with Gasteiger partial charge in [0.05, 0.1) is 18.2 Å². The molecule has 0 aliphatic heterocycles. The van der Waals surface area contributed by atoms with Crippen molar-refractivity contribution >= 4 is 39.4 Å². The third kappa shape index (κ3) is 4.84. The maximum absolute atomic E-state index is 11.9. The SMILES string of the molecule is CN(CC(=O)Nc1ccccc1Br)C(=O)COC(=O)C1CC1. The Labute approximate surface area is 136 Å². The normalized spacial score (nSPS) is 13.4. The Kier molecular flexibility index (Phi) is 5.54. The minimum absolute atomic E-state index is 0.0446. The van der Waals surface area contributed by atoms with Crippen LogP contribution in [0.15, 0.2) is 28.7 Å². The minimum atomic E-state index is -0.406. The molecule has 0 bridgehead atoms. The van der Waals surface area contributed by atoms with E-state index in [1.807, 2.05) is 12.1 Å². The number of hydrogen-bond donors (Lipinski definition) is 1. The van der Waals surface area contributed by atoms with Crippen LogP contribution in [0.5, 0.6) is 0 Å². The van der Waals surface area contributed by atoms with Crippen LogP contribution in [0.2, 0.25) is 0 Å². The Bertz CT molecular complexity index is 587. The van der Waals surface area contributed by atoms with Crippen molar-refractivity contribution < 1.29 is 19.1 Å². The number of rotatable bonds is 6. The molecule has 1 fully saturated rings. The molecule has 1 N–H and O–H groups in total. The summed E-state index contributed by atoms with van der Waals surface area (Å²) >= 11 is 3.33. The second-order valence-corrected chi connectivity index (χ2v) is 6.01. The monoisotopic (exact) mass is 368 g/mol. The van der Waals surface area contributed by atoms with Gasteiger partial charge in [-0.1, -0.05) is 12.1 Å². The van der Waals surface area contributed by atoms with Crippen molar-refractivity contribution in [1.82, 2.24) is 4.90 Å². The summed E-state index contributed by atoms with van der Waals surface area (Å²) in [5.74, 6) is -1.11. The fourth-order valence-electron chi connectivity index (χ4n) is 1.74. The van der Waals surface area contributed by atoms with E-state index in [0.29, 0.717) is 5.69 Å². The third-order valence-electron chi connectivity index (χ3n) is 3.20. The highest BCUT2D eigenvalue weighted by atomic mass is 79.9. The highest BCUT2D eigenvalue weighted by Gasteiger charge is 2.31. The molecule has 1 saturated carbocycles. The van der Waals surface area contributed by atoms with E-state index in [0.717, 1.165) is 17.3 Å². The predicted octanol–water partition coefficient (Wildman–Crippen LogP) is 1.80. The number of ether oxygens (including phenoxy) is 1. The number of esters is 1. The zero-order valence-electron chi connectivity index (χ0n) is 12.2. The van der Waals surface area contributed by atoms with Crippen LogP contribution in [-0.2, 0) is 19.1 Å². The number of carbonyl (C=O) groups is 3. The van der Waals surface area contributed by atoms with Crippen molar-refractivity contribution in [2.75, 3.05) is 25.5 Å². The molecule has 1 aromatic carbocycles. The Morgan fingerprint density at radius 2 is 2.00 bits per heavy atom. The number of benzene rings is 1. The molecule has 0 spiro atoms. The summed E-state index contributed by atoms with van der Waals surface area (Å²) in [6.45, 7) is -0.435. The number of likely N-dealkylation sites (N-methyl/N-ethyl adjacent to an activating group) is 1.